The molecule has 0 aromatic heterocycles. The molecule has 1 unspecified atom stereocenters. The Kier molecular flexibility index (Phi) is 8.15. The molecule has 1 fully saturated rings. The van der Waals surface area contributed by atoms with Gasteiger partial charge in [0.25, 0.3) is 5.91 Å². The van der Waals surface area contributed by atoms with Crippen LogP contribution >= 0.6 is 0 Å². The summed E-state index contributed by atoms with van der Waals surface area (Å²) in [4.78, 5) is 15.1. The number of methoxy groups -OCH3 is 1. The molecule has 1 amide bonds. The Morgan fingerprint density at radius 3 is 2.44 bits per heavy atom. The average molecular weight is 523 g/mol. The van der Waals surface area contributed by atoms with Gasteiger partial charge in [0.05, 0.1) is 12.7 Å². The van der Waals surface area contributed by atoms with Crippen molar-refractivity contribution in [3.05, 3.63) is 58.7 Å². The third-order valence-electron chi connectivity index (χ3n) is 7.22. The van der Waals surface area contributed by atoms with Crippen molar-refractivity contribution in [1.29, 1.82) is 0 Å². The molecule has 5 nitrogen and oxygen atoms in total. The lowest BCUT2D eigenvalue weighted by molar-refractivity contribution is -0.137. The van der Waals surface area contributed by atoms with Crippen molar-refractivity contribution in [2.75, 3.05) is 26.7 Å². The minimum Gasteiger partial charge on any atom is -0.543 e. The third-order valence-corrected chi connectivity index (χ3v) is 11.6. The van der Waals surface area contributed by atoms with Gasteiger partial charge in [-0.15, -0.1) is 0 Å². The molecule has 36 heavy (non-hydrogen) atoms. The van der Waals surface area contributed by atoms with Crippen LogP contribution in [0.5, 0.6) is 11.5 Å². The van der Waals surface area contributed by atoms with Gasteiger partial charge in [0.1, 0.15) is 11.5 Å². The Morgan fingerprint density at radius 1 is 1.14 bits per heavy atom. The molecule has 0 radical (unpaired) electrons. The summed E-state index contributed by atoms with van der Waals surface area (Å²) in [6.45, 7) is 14.5. The normalized spacial score (nSPS) is 17.2. The van der Waals surface area contributed by atoms with Gasteiger partial charge in [-0.05, 0) is 66.9 Å². The van der Waals surface area contributed by atoms with Crippen molar-refractivity contribution in [2.24, 2.45) is 0 Å². The zero-order valence-corrected chi connectivity index (χ0v) is 23.2. The molecule has 2 aromatic carbocycles. The van der Waals surface area contributed by atoms with Crippen LogP contribution in [0, 0.1) is 6.92 Å². The van der Waals surface area contributed by atoms with Crippen LogP contribution in [0.4, 0.5) is 13.2 Å². The molecule has 1 aliphatic rings. The predicted molar refractivity (Wildman–Crippen MR) is 138 cm³/mol. The predicted octanol–water partition coefficient (Wildman–Crippen LogP) is 6.06. The molecule has 0 bridgehead atoms. The van der Waals surface area contributed by atoms with Gasteiger partial charge in [0.15, 0.2) is 0 Å². The van der Waals surface area contributed by atoms with E-state index in [1.165, 1.54) is 13.2 Å². The van der Waals surface area contributed by atoms with Crippen LogP contribution in [0.3, 0.4) is 0 Å². The molecule has 1 N–H and O–H groups in total. The van der Waals surface area contributed by atoms with Gasteiger partial charge in [0, 0.05) is 31.2 Å². The van der Waals surface area contributed by atoms with Gasteiger partial charge in [-0.3, -0.25) is 4.79 Å². The monoisotopic (exact) mass is 522 g/mol. The first-order valence-corrected chi connectivity index (χ1v) is 15.1. The standard InChI is InChI=1S/C27H37F3N2O3Si/c1-18-8-9-19(13-24(18)35-36(6,7)26(2,3)4)12-22-17-31-10-11-32(22)25(33)20-14-21(27(28,29)30)16-23(15-20)34-5/h8-9,13-16,22,31H,10-12,17H2,1-7H3. The molecule has 3 rings (SSSR count). The van der Waals surface area contributed by atoms with E-state index in [4.69, 9.17) is 9.16 Å². The van der Waals surface area contributed by atoms with Gasteiger partial charge < -0.3 is 19.4 Å². The average Bonchev–Trinajstić information content (AvgIpc) is 2.79. The van der Waals surface area contributed by atoms with E-state index in [1.807, 2.05) is 25.1 Å². The molecular formula is C27H37F3N2O3Si. The van der Waals surface area contributed by atoms with Crippen LogP contribution in [-0.4, -0.2) is 51.9 Å². The second-order valence-electron chi connectivity index (χ2n) is 11.0. The summed E-state index contributed by atoms with van der Waals surface area (Å²) in [5, 5.41) is 3.36. The number of carbonyl (C=O) groups is 1. The quantitative estimate of drug-likeness (QED) is 0.469. The van der Waals surface area contributed by atoms with E-state index in [0.29, 0.717) is 26.1 Å². The number of ether oxygens (including phenoxy) is 1. The highest BCUT2D eigenvalue weighted by atomic mass is 28.4. The van der Waals surface area contributed by atoms with E-state index in [0.717, 1.165) is 29.0 Å². The number of hydrogen-bond donors (Lipinski definition) is 1. The van der Waals surface area contributed by atoms with E-state index in [1.54, 1.807) is 4.90 Å². The number of benzene rings is 2. The summed E-state index contributed by atoms with van der Waals surface area (Å²) in [5.74, 6) is 0.421. The summed E-state index contributed by atoms with van der Waals surface area (Å²) < 4.78 is 51.9. The summed E-state index contributed by atoms with van der Waals surface area (Å²) >= 11 is 0. The maximum Gasteiger partial charge on any atom is 0.416 e. The first kappa shape index (κ1) is 28.1. The van der Waals surface area contributed by atoms with Gasteiger partial charge in [-0.25, -0.2) is 0 Å². The van der Waals surface area contributed by atoms with E-state index in [9.17, 15) is 18.0 Å². The molecule has 0 aliphatic carbocycles. The molecule has 0 spiro atoms. The molecule has 1 heterocycles. The molecule has 2 aromatic rings. The minimum atomic E-state index is -4.57. The Bertz CT molecular complexity index is 1100. The second-order valence-corrected chi connectivity index (χ2v) is 15.7. The fourth-order valence-corrected chi connectivity index (χ4v) is 5.04. The van der Waals surface area contributed by atoms with Crippen molar-refractivity contribution in [2.45, 2.75) is 64.5 Å². The fraction of sp³-hybridized carbons (Fsp3) is 0.519. The number of aryl methyl sites for hydroxylation is 1. The van der Waals surface area contributed by atoms with Crippen molar-refractivity contribution < 1.29 is 27.1 Å². The molecule has 1 atom stereocenters. The Labute approximate surface area is 213 Å². The van der Waals surface area contributed by atoms with Gasteiger partial charge in [0.2, 0.25) is 8.32 Å². The molecule has 1 aliphatic heterocycles. The van der Waals surface area contributed by atoms with E-state index in [2.05, 4.69) is 39.2 Å². The van der Waals surface area contributed by atoms with Crippen molar-refractivity contribution >= 4 is 14.2 Å². The van der Waals surface area contributed by atoms with Crippen LogP contribution < -0.4 is 14.5 Å². The number of halogens is 3. The first-order chi connectivity index (χ1) is 16.6. The highest BCUT2D eigenvalue weighted by Crippen LogP contribution is 2.38. The minimum absolute atomic E-state index is 0.00538. The highest BCUT2D eigenvalue weighted by Gasteiger charge is 2.39. The highest BCUT2D eigenvalue weighted by molar-refractivity contribution is 6.74. The molecule has 0 saturated carbocycles. The van der Waals surface area contributed by atoms with Crippen LogP contribution in [0.25, 0.3) is 0 Å². The molecule has 9 heteroatoms. The van der Waals surface area contributed by atoms with Gasteiger partial charge >= 0.3 is 6.18 Å². The van der Waals surface area contributed by atoms with Crippen LogP contribution in [0.15, 0.2) is 36.4 Å². The fourth-order valence-electron chi connectivity index (χ4n) is 3.96. The van der Waals surface area contributed by atoms with E-state index < -0.39 is 26.0 Å². The number of nitrogens with one attached hydrogen (secondary N) is 1. The SMILES string of the molecule is COc1cc(C(=O)N2CCNCC2Cc2ccc(C)c(O[Si](C)(C)C(C)(C)C)c2)cc(C(F)(F)F)c1. The third kappa shape index (κ3) is 6.42. The van der Waals surface area contributed by atoms with Crippen molar-refractivity contribution in [3.8, 4) is 11.5 Å². The van der Waals surface area contributed by atoms with Crippen molar-refractivity contribution in [3.63, 3.8) is 0 Å². The maximum atomic E-state index is 13.4. The summed E-state index contributed by atoms with van der Waals surface area (Å²) in [6.07, 6.45) is -4.02. The van der Waals surface area contributed by atoms with Crippen molar-refractivity contribution in [1.82, 2.24) is 10.2 Å². The molecule has 198 valence electrons. The smallest absolute Gasteiger partial charge is 0.416 e. The maximum absolute atomic E-state index is 13.4. The van der Waals surface area contributed by atoms with Gasteiger partial charge in [-0.1, -0.05) is 32.9 Å². The van der Waals surface area contributed by atoms with Crippen LogP contribution in [-0.2, 0) is 12.6 Å². The van der Waals surface area contributed by atoms with Crippen LogP contribution in [0.1, 0.15) is 47.8 Å². The zero-order chi connectivity index (χ0) is 26.9. The Morgan fingerprint density at radius 2 is 1.83 bits per heavy atom. The van der Waals surface area contributed by atoms with Crippen LogP contribution in [0.2, 0.25) is 18.1 Å². The molecule has 1 saturated heterocycles. The Hall–Kier alpha value is -2.52. The Balaban J connectivity index is 1.87. The lowest BCUT2D eigenvalue weighted by Gasteiger charge is -2.38. The summed E-state index contributed by atoms with van der Waals surface area (Å²) in [7, 11) is -0.749. The number of carbonyl (C=O) groups excluding carboxylic acids is 1. The molecular weight excluding hydrogens is 485 g/mol. The number of amides is 1. The first-order valence-electron chi connectivity index (χ1n) is 12.2. The summed E-state index contributed by atoms with van der Waals surface area (Å²) in [6, 6.07) is 9.06. The second kappa shape index (κ2) is 10.5. The number of piperazine rings is 1. The number of hydrogen-bond acceptors (Lipinski definition) is 4. The number of nitrogens with zero attached hydrogens (tertiary/aromatic N) is 1. The largest absolute Gasteiger partial charge is 0.543 e. The topological polar surface area (TPSA) is 50.8 Å². The van der Waals surface area contributed by atoms with E-state index in [-0.39, 0.29) is 22.4 Å². The number of alkyl halides is 3. The van der Waals surface area contributed by atoms with Gasteiger partial charge in [-0.2, -0.15) is 13.2 Å². The lowest BCUT2D eigenvalue weighted by Crippen LogP contribution is -2.54. The lowest BCUT2D eigenvalue weighted by atomic mass is 10.00. The summed E-state index contributed by atoms with van der Waals surface area (Å²) in [5.41, 5.74) is 1.14. The zero-order valence-electron chi connectivity index (χ0n) is 22.2. The number of rotatable bonds is 6. The van der Waals surface area contributed by atoms with E-state index >= 15 is 0 Å².